The Morgan fingerprint density at radius 1 is 1.12 bits per heavy atom. The molecule has 7 nitrogen and oxygen atoms in total. The van der Waals surface area contributed by atoms with Crippen LogP contribution in [0.25, 0.3) is 5.69 Å². The van der Waals surface area contributed by atoms with Gasteiger partial charge in [-0.25, -0.2) is 4.68 Å². The monoisotopic (exact) mass is 356 g/mol. The lowest BCUT2D eigenvalue weighted by Gasteiger charge is -2.18. The summed E-state index contributed by atoms with van der Waals surface area (Å²) in [6.45, 7) is 1.00. The second-order valence-corrected chi connectivity index (χ2v) is 5.72. The molecule has 126 valence electrons. The van der Waals surface area contributed by atoms with E-state index in [-0.39, 0.29) is 11.6 Å². The van der Waals surface area contributed by atoms with Crippen LogP contribution in [-0.4, -0.2) is 34.1 Å². The summed E-state index contributed by atoms with van der Waals surface area (Å²) < 4.78 is 12.4. The summed E-state index contributed by atoms with van der Waals surface area (Å²) in [6.07, 6.45) is 1.52. The van der Waals surface area contributed by atoms with Gasteiger partial charge in [0.15, 0.2) is 17.2 Å². The van der Waals surface area contributed by atoms with Crippen LogP contribution in [0.2, 0.25) is 5.02 Å². The first kappa shape index (κ1) is 15.5. The Kier molecular flexibility index (Phi) is 3.99. The number of hydrogen-bond acceptors (Lipinski definition) is 5. The number of benzene rings is 2. The first-order valence-corrected chi connectivity index (χ1v) is 7.97. The molecule has 0 saturated carbocycles. The fraction of sp³-hybridized carbons (Fsp3) is 0.118. The van der Waals surface area contributed by atoms with Crippen molar-refractivity contribution in [1.82, 2.24) is 15.0 Å². The molecule has 0 unspecified atom stereocenters. The minimum Gasteiger partial charge on any atom is -0.486 e. The molecular formula is C17H13ClN4O3. The van der Waals surface area contributed by atoms with Gasteiger partial charge in [0.05, 0.1) is 16.9 Å². The third-order valence-electron chi connectivity index (χ3n) is 3.63. The first-order valence-electron chi connectivity index (χ1n) is 7.59. The molecule has 1 aliphatic heterocycles. The van der Waals surface area contributed by atoms with Gasteiger partial charge in [-0.3, -0.25) is 4.79 Å². The second-order valence-electron chi connectivity index (χ2n) is 5.31. The molecule has 1 aromatic heterocycles. The Balaban J connectivity index is 1.53. The van der Waals surface area contributed by atoms with Gasteiger partial charge in [0, 0.05) is 11.8 Å². The number of fused-ring (bicyclic) bond motifs is 1. The van der Waals surface area contributed by atoms with Gasteiger partial charge in [0.25, 0.3) is 5.91 Å². The molecular weight excluding hydrogens is 344 g/mol. The normalized spacial score (nSPS) is 12.7. The van der Waals surface area contributed by atoms with Crippen LogP contribution >= 0.6 is 11.6 Å². The molecule has 0 saturated heterocycles. The molecule has 0 atom stereocenters. The zero-order valence-corrected chi connectivity index (χ0v) is 13.7. The fourth-order valence-corrected chi connectivity index (χ4v) is 2.66. The van der Waals surface area contributed by atoms with E-state index in [2.05, 4.69) is 15.6 Å². The van der Waals surface area contributed by atoms with E-state index in [4.69, 9.17) is 21.1 Å². The molecule has 25 heavy (non-hydrogen) atoms. The number of amides is 1. The van der Waals surface area contributed by atoms with Crippen LogP contribution in [0.15, 0.2) is 48.7 Å². The van der Waals surface area contributed by atoms with E-state index in [1.54, 1.807) is 30.3 Å². The minimum atomic E-state index is -0.380. The topological polar surface area (TPSA) is 78.3 Å². The molecule has 8 heteroatoms. The lowest BCUT2D eigenvalue weighted by atomic mass is 10.2. The van der Waals surface area contributed by atoms with E-state index in [1.807, 2.05) is 12.1 Å². The zero-order chi connectivity index (χ0) is 17.2. The summed E-state index contributed by atoms with van der Waals surface area (Å²) in [5.74, 6) is 0.882. The first-order chi connectivity index (χ1) is 12.2. The number of carbonyl (C=O) groups is 1. The van der Waals surface area contributed by atoms with E-state index >= 15 is 0 Å². The lowest BCUT2D eigenvalue weighted by Crippen LogP contribution is -2.16. The van der Waals surface area contributed by atoms with E-state index < -0.39 is 0 Å². The van der Waals surface area contributed by atoms with E-state index in [9.17, 15) is 4.79 Å². The maximum Gasteiger partial charge on any atom is 0.277 e. The highest BCUT2D eigenvalue weighted by Gasteiger charge is 2.16. The molecule has 4 rings (SSSR count). The van der Waals surface area contributed by atoms with Crippen LogP contribution in [0.4, 0.5) is 5.69 Å². The highest BCUT2D eigenvalue weighted by molar-refractivity contribution is 6.32. The predicted octanol–water partition coefficient (Wildman–Crippen LogP) is 2.94. The molecule has 0 spiro atoms. The quantitative estimate of drug-likeness (QED) is 0.780. The number of anilines is 1. The van der Waals surface area contributed by atoms with Crippen molar-refractivity contribution < 1.29 is 14.3 Å². The molecule has 0 radical (unpaired) electrons. The number of rotatable bonds is 3. The summed E-state index contributed by atoms with van der Waals surface area (Å²) >= 11 is 6.13. The van der Waals surface area contributed by atoms with Crippen molar-refractivity contribution in [3.8, 4) is 17.2 Å². The number of hydrogen-bond donors (Lipinski definition) is 1. The highest BCUT2D eigenvalue weighted by atomic mass is 35.5. The van der Waals surface area contributed by atoms with Gasteiger partial charge in [-0.1, -0.05) is 28.9 Å². The number of halogens is 1. The molecule has 0 aliphatic carbocycles. The summed E-state index contributed by atoms with van der Waals surface area (Å²) in [7, 11) is 0. The number of para-hydroxylation sites is 1. The summed E-state index contributed by atoms with van der Waals surface area (Å²) in [5, 5.41) is 11.1. The average molecular weight is 357 g/mol. The Labute approximate surface area is 148 Å². The number of nitrogens with zero attached hydrogens (tertiary/aromatic N) is 3. The summed E-state index contributed by atoms with van der Waals surface area (Å²) in [6, 6.07) is 12.4. The van der Waals surface area contributed by atoms with Crippen LogP contribution in [0.1, 0.15) is 10.5 Å². The van der Waals surface area contributed by atoms with Crippen molar-refractivity contribution in [2.75, 3.05) is 18.5 Å². The van der Waals surface area contributed by atoms with E-state index in [1.165, 1.54) is 10.9 Å². The number of aromatic nitrogens is 3. The third-order valence-corrected chi connectivity index (χ3v) is 3.94. The number of carbonyl (C=O) groups excluding carboxylic acids is 1. The van der Waals surface area contributed by atoms with Crippen molar-refractivity contribution in [1.29, 1.82) is 0 Å². The van der Waals surface area contributed by atoms with Crippen molar-refractivity contribution in [2.45, 2.75) is 0 Å². The highest BCUT2D eigenvalue weighted by Crippen LogP contribution is 2.32. The molecule has 1 N–H and O–H groups in total. The molecule has 2 heterocycles. The lowest BCUT2D eigenvalue weighted by molar-refractivity contribution is 0.102. The summed E-state index contributed by atoms with van der Waals surface area (Å²) in [4.78, 5) is 12.4. The maximum absolute atomic E-state index is 12.4. The van der Waals surface area contributed by atoms with Gasteiger partial charge in [0.2, 0.25) is 0 Å². The van der Waals surface area contributed by atoms with Crippen molar-refractivity contribution in [2.24, 2.45) is 0 Å². The minimum absolute atomic E-state index is 0.176. The van der Waals surface area contributed by atoms with Crippen molar-refractivity contribution in [3.05, 3.63) is 59.4 Å². The molecule has 2 aromatic carbocycles. The van der Waals surface area contributed by atoms with Gasteiger partial charge in [-0.15, -0.1) is 5.10 Å². The van der Waals surface area contributed by atoms with Gasteiger partial charge in [-0.2, -0.15) is 0 Å². The number of ether oxygens (including phenoxy) is 2. The third kappa shape index (κ3) is 3.14. The van der Waals surface area contributed by atoms with Crippen LogP contribution < -0.4 is 14.8 Å². The fourth-order valence-electron chi connectivity index (χ4n) is 2.44. The van der Waals surface area contributed by atoms with E-state index in [0.717, 1.165) is 0 Å². The molecule has 0 fully saturated rings. The van der Waals surface area contributed by atoms with Crippen LogP contribution in [-0.2, 0) is 0 Å². The van der Waals surface area contributed by atoms with Crippen molar-refractivity contribution in [3.63, 3.8) is 0 Å². The zero-order valence-electron chi connectivity index (χ0n) is 13.0. The van der Waals surface area contributed by atoms with Gasteiger partial charge < -0.3 is 14.8 Å². The second kappa shape index (κ2) is 6.45. The largest absolute Gasteiger partial charge is 0.486 e. The Morgan fingerprint density at radius 2 is 1.92 bits per heavy atom. The van der Waals surface area contributed by atoms with Crippen LogP contribution in [0, 0.1) is 0 Å². The Bertz CT molecular complexity index is 941. The van der Waals surface area contributed by atoms with Gasteiger partial charge >= 0.3 is 0 Å². The van der Waals surface area contributed by atoms with E-state index in [0.29, 0.717) is 41.1 Å². The maximum atomic E-state index is 12.4. The summed E-state index contributed by atoms with van der Waals surface area (Å²) in [5.41, 5.74) is 1.41. The van der Waals surface area contributed by atoms with Gasteiger partial charge in [0.1, 0.15) is 13.2 Å². The number of nitrogens with one attached hydrogen (secondary N) is 1. The molecule has 0 bridgehead atoms. The SMILES string of the molecule is O=C(Nc1ccc2c(c1)OCCO2)c1cn(-c2ccccc2Cl)nn1. The van der Waals surface area contributed by atoms with Crippen LogP contribution in [0.3, 0.4) is 0 Å². The molecule has 1 aliphatic rings. The predicted molar refractivity (Wildman–Crippen MR) is 91.8 cm³/mol. The Hall–Kier alpha value is -3.06. The molecule has 1 amide bonds. The smallest absolute Gasteiger partial charge is 0.277 e. The standard InChI is InChI=1S/C17H13ClN4O3/c18-12-3-1-2-4-14(12)22-10-13(20-21-22)17(23)19-11-5-6-15-16(9-11)25-8-7-24-15/h1-6,9-10H,7-8H2,(H,19,23). The van der Waals surface area contributed by atoms with Crippen LogP contribution in [0.5, 0.6) is 11.5 Å². The van der Waals surface area contributed by atoms with Gasteiger partial charge in [-0.05, 0) is 24.3 Å². The van der Waals surface area contributed by atoms with Crippen molar-refractivity contribution >= 4 is 23.2 Å². The average Bonchev–Trinajstić information content (AvgIpc) is 3.12. The molecule has 3 aromatic rings. The Morgan fingerprint density at radius 3 is 2.76 bits per heavy atom.